The largest absolute Gasteiger partial charge is 1.00 e. The number of carbonyl (C=O) groups excluding carboxylic acids is 2. The Labute approximate surface area is 181 Å². The number of aryl methyl sites for hydroxylation is 2. The van der Waals surface area contributed by atoms with Gasteiger partial charge in [-0.3, -0.25) is 4.79 Å². The molecule has 2 aliphatic rings. The first-order valence-electron chi connectivity index (χ1n) is 8.06. The number of carboxylic acid groups (broad SMARTS) is 1. The molecule has 0 spiro atoms. The summed E-state index contributed by atoms with van der Waals surface area (Å²) in [7, 11) is 0. The molecule has 1 unspecified atom stereocenters. The molecule has 2 aromatic heterocycles. The zero-order valence-electron chi connectivity index (χ0n) is 14.9. The maximum atomic E-state index is 12.4. The smallest absolute Gasteiger partial charge is 0.544 e. The van der Waals surface area contributed by atoms with Gasteiger partial charge < -0.3 is 25.1 Å². The van der Waals surface area contributed by atoms with Crippen LogP contribution in [0.4, 0.5) is 5.13 Å². The fourth-order valence-electron chi connectivity index (χ4n) is 3.56. The van der Waals surface area contributed by atoms with Gasteiger partial charge in [0.05, 0.1) is 26.6 Å². The van der Waals surface area contributed by atoms with E-state index in [1.807, 2.05) is 0 Å². The van der Waals surface area contributed by atoms with Gasteiger partial charge in [0, 0.05) is 36.7 Å². The number of nitrogens with one attached hydrogen (secondary N) is 2. The summed E-state index contributed by atoms with van der Waals surface area (Å²) in [5.41, 5.74) is 1.42. The molecule has 7 nitrogen and oxygen atoms in total. The van der Waals surface area contributed by atoms with Gasteiger partial charge in [0.2, 0.25) is 0 Å². The molecular weight excluding hydrogens is 406 g/mol. The van der Waals surface area contributed by atoms with Crippen LogP contribution in [0.25, 0.3) is 0 Å². The minimum absolute atomic E-state index is 0. The molecule has 3 heterocycles. The fourth-order valence-corrected chi connectivity index (χ4v) is 4.89. The van der Waals surface area contributed by atoms with Crippen LogP contribution in [0, 0.1) is 25.7 Å². The van der Waals surface area contributed by atoms with Crippen LogP contribution in [-0.4, -0.2) is 41.0 Å². The maximum Gasteiger partial charge on any atom is 1.00 e. The number of hydrogen-bond acceptors (Lipinski definition) is 6. The van der Waals surface area contributed by atoms with Crippen molar-refractivity contribution in [3.05, 3.63) is 32.0 Å². The number of carboxylic acids is 1. The van der Waals surface area contributed by atoms with E-state index in [1.54, 1.807) is 13.8 Å². The summed E-state index contributed by atoms with van der Waals surface area (Å²) in [6.07, 6.45) is 0. The monoisotopic (exact) mass is 420 g/mol. The van der Waals surface area contributed by atoms with Crippen LogP contribution in [0.5, 0.6) is 0 Å². The zero-order chi connectivity index (χ0) is 18.7. The summed E-state index contributed by atoms with van der Waals surface area (Å²) in [5.74, 6) is -0.822. The molecule has 1 amide bonds. The third-order valence-electron chi connectivity index (χ3n) is 5.01. The Balaban J connectivity index is 0.00000210. The van der Waals surface area contributed by atoms with E-state index in [-0.39, 0.29) is 46.4 Å². The summed E-state index contributed by atoms with van der Waals surface area (Å²) >= 11 is 13.2. The Morgan fingerprint density at radius 3 is 2.37 bits per heavy atom. The average molecular weight is 421 g/mol. The molecule has 2 fully saturated rings. The molecule has 0 radical (unpaired) electrons. The zero-order valence-corrected chi connectivity index (χ0v) is 17.3. The summed E-state index contributed by atoms with van der Waals surface area (Å²) in [4.78, 5) is 32.9. The first-order valence-corrected chi connectivity index (χ1v) is 9.63. The van der Waals surface area contributed by atoms with Gasteiger partial charge in [-0.1, -0.05) is 34.5 Å². The molecule has 1 saturated carbocycles. The van der Waals surface area contributed by atoms with Crippen molar-refractivity contribution in [3.63, 3.8) is 0 Å². The van der Waals surface area contributed by atoms with E-state index in [4.69, 9.17) is 23.2 Å². The molecule has 0 aromatic carbocycles. The van der Waals surface area contributed by atoms with Gasteiger partial charge in [0.1, 0.15) is 5.69 Å². The van der Waals surface area contributed by atoms with E-state index in [0.29, 0.717) is 33.4 Å². The summed E-state index contributed by atoms with van der Waals surface area (Å²) < 4.78 is 0. The number of aromatic carboxylic acids is 1. The Hall–Kier alpha value is -1.17. The molecule has 0 bridgehead atoms. The molecule has 2 N–H and O–H groups in total. The topological polar surface area (TPSA) is 101 Å². The average Bonchev–Trinajstić information content (AvgIpc) is 2.97. The first kappa shape index (κ1) is 20.6. The number of thiazole rings is 1. The van der Waals surface area contributed by atoms with Crippen molar-refractivity contribution in [1.82, 2.24) is 15.3 Å². The number of anilines is 1. The number of amides is 1. The fraction of sp³-hybridized carbons (Fsp3) is 0.438. The number of aromatic nitrogens is 2. The number of rotatable bonds is 4. The van der Waals surface area contributed by atoms with Crippen LogP contribution in [0.2, 0.25) is 10.0 Å². The van der Waals surface area contributed by atoms with Gasteiger partial charge in [-0.05, 0) is 13.8 Å². The van der Waals surface area contributed by atoms with Crippen LogP contribution in [0.1, 0.15) is 31.5 Å². The third kappa shape index (κ3) is 3.50. The van der Waals surface area contributed by atoms with Crippen LogP contribution < -0.4 is 34.2 Å². The summed E-state index contributed by atoms with van der Waals surface area (Å²) in [6.45, 7) is 4.88. The molecule has 1 aliphatic carbocycles. The molecule has 3 atom stereocenters. The van der Waals surface area contributed by atoms with Crippen LogP contribution in [0.15, 0.2) is 0 Å². The number of aromatic amines is 1. The molecule has 138 valence electrons. The predicted molar refractivity (Wildman–Crippen MR) is 97.2 cm³/mol. The number of fused-ring (bicyclic) bond motifs is 1. The second kappa shape index (κ2) is 7.34. The van der Waals surface area contributed by atoms with E-state index in [9.17, 15) is 14.7 Å². The standard InChI is InChI=1S/C16H16Cl2N4O3S.Li/c1-5-9(17)10(18)12(19-5)14(23)21-11-7-3-22(4-8(7)11)16-20-6(2)13(26-16)15(24)25;/h7-8,11,19H,3-4H2,1-2H3,(H,21,23)(H,24,25);/q;+1/p-1/t7-,8+,11?;. The number of halogens is 2. The predicted octanol–water partition coefficient (Wildman–Crippen LogP) is -1.37. The summed E-state index contributed by atoms with van der Waals surface area (Å²) in [5, 5.41) is 15.3. The number of carbonyl (C=O) groups is 2. The minimum atomic E-state index is -1.20. The SMILES string of the molecule is Cc1nc(N2C[C@@H]3C(NC(=O)c4[nH]c(C)c(Cl)c4Cl)[C@@H]3C2)sc1C(=O)[O-].[Li+]. The Morgan fingerprint density at radius 2 is 1.89 bits per heavy atom. The third-order valence-corrected chi connectivity index (χ3v) is 7.16. The van der Waals surface area contributed by atoms with Crippen molar-refractivity contribution in [2.75, 3.05) is 18.0 Å². The Kier molecular flexibility index (Phi) is 5.59. The molecule has 4 rings (SSSR count). The molecule has 2 aromatic rings. The van der Waals surface area contributed by atoms with Crippen LogP contribution >= 0.6 is 34.5 Å². The van der Waals surface area contributed by atoms with Crippen molar-refractivity contribution in [2.45, 2.75) is 19.9 Å². The first-order chi connectivity index (χ1) is 12.3. The number of H-pyrrole nitrogens is 1. The summed E-state index contributed by atoms with van der Waals surface area (Å²) in [6, 6.07) is 0.0823. The van der Waals surface area contributed by atoms with E-state index in [2.05, 4.69) is 20.2 Å². The van der Waals surface area contributed by atoms with Crippen molar-refractivity contribution >= 4 is 51.5 Å². The Morgan fingerprint density at radius 1 is 1.26 bits per heavy atom. The van der Waals surface area contributed by atoms with E-state index >= 15 is 0 Å². The van der Waals surface area contributed by atoms with Gasteiger partial charge in [-0.15, -0.1) is 0 Å². The van der Waals surface area contributed by atoms with Crippen molar-refractivity contribution in [2.24, 2.45) is 11.8 Å². The second-order valence-electron chi connectivity index (χ2n) is 6.68. The number of hydrogen-bond donors (Lipinski definition) is 2. The Bertz CT molecular complexity index is 919. The molecule has 1 aliphatic heterocycles. The molecule has 1 saturated heterocycles. The van der Waals surface area contributed by atoms with Gasteiger partial charge in [0.15, 0.2) is 5.13 Å². The number of nitrogens with zero attached hydrogens (tertiary/aromatic N) is 2. The van der Waals surface area contributed by atoms with Crippen LogP contribution in [0.3, 0.4) is 0 Å². The van der Waals surface area contributed by atoms with Gasteiger partial charge in [-0.25, -0.2) is 4.98 Å². The molecular formula is C16H15Cl2LiN4O3S. The van der Waals surface area contributed by atoms with E-state index < -0.39 is 5.97 Å². The number of piperidine rings is 1. The van der Waals surface area contributed by atoms with Crippen molar-refractivity contribution < 1.29 is 33.6 Å². The molecule has 27 heavy (non-hydrogen) atoms. The maximum absolute atomic E-state index is 12.4. The van der Waals surface area contributed by atoms with E-state index in [1.165, 1.54) is 0 Å². The van der Waals surface area contributed by atoms with E-state index in [0.717, 1.165) is 24.4 Å². The van der Waals surface area contributed by atoms with Crippen LogP contribution in [-0.2, 0) is 0 Å². The van der Waals surface area contributed by atoms with Gasteiger partial charge in [-0.2, -0.15) is 0 Å². The van der Waals surface area contributed by atoms with Gasteiger partial charge in [0.25, 0.3) is 5.91 Å². The minimum Gasteiger partial charge on any atom is -0.544 e. The molecule has 11 heteroatoms. The quantitative estimate of drug-likeness (QED) is 0.594. The van der Waals surface area contributed by atoms with Crippen molar-refractivity contribution in [1.29, 1.82) is 0 Å². The van der Waals surface area contributed by atoms with Gasteiger partial charge >= 0.3 is 18.9 Å². The normalized spacial score (nSPS) is 23.0. The van der Waals surface area contributed by atoms with Crippen molar-refractivity contribution in [3.8, 4) is 0 Å². The second-order valence-corrected chi connectivity index (χ2v) is 8.42.